The normalized spacial score (nSPS) is 10.3. The van der Waals surface area contributed by atoms with Crippen LogP contribution in [0.3, 0.4) is 0 Å². The predicted molar refractivity (Wildman–Crippen MR) is 75.0 cm³/mol. The van der Waals surface area contributed by atoms with Crippen molar-refractivity contribution in [1.29, 1.82) is 0 Å². The Hall–Kier alpha value is -1.69. The summed E-state index contributed by atoms with van der Waals surface area (Å²) in [7, 11) is 0. The first-order valence-electron chi connectivity index (χ1n) is 5.99. The van der Waals surface area contributed by atoms with Crippen molar-refractivity contribution in [3.8, 4) is 0 Å². The standard InChI is InChI=1S/C12H17N5S/c1-3-4-14-12-16-7-9(2)11(17-12)15-8-10-13-5-6-18-10/h5-7H,3-4,8H2,1-2H3,(H2,14,15,16,17). The van der Waals surface area contributed by atoms with Gasteiger partial charge in [-0.05, 0) is 13.3 Å². The van der Waals surface area contributed by atoms with Crippen LogP contribution in [0.1, 0.15) is 23.9 Å². The second-order valence-corrected chi connectivity index (χ2v) is 4.91. The molecule has 0 saturated carbocycles. The molecule has 96 valence electrons. The third-order valence-corrected chi connectivity index (χ3v) is 3.17. The fraction of sp³-hybridized carbons (Fsp3) is 0.417. The lowest BCUT2D eigenvalue weighted by molar-refractivity contribution is 0.946. The second kappa shape index (κ2) is 6.30. The Bertz CT molecular complexity index is 483. The number of hydrogen-bond acceptors (Lipinski definition) is 6. The molecule has 0 radical (unpaired) electrons. The lowest BCUT2D eigenvalue weighted by atomic mass is 10.3. The van der Waals surface area contributed by atoms with Crippen molar-refractivity contribution in [3.05, 3.63) is 28.3 Å². The molecule has 0 amide bonds. The van der Waals surface area contributed by atoms with E-state index in [1.807, 2.05) is 24.7 Å². The molecule has 0 saturated heterocycles. The summed E-state index contributed by atoms with van der Waals surface area (Å²) in [6, 6.07) is 0. The lowest BCUT2D eigenvalue weighted by Gasteiger charge is -2.09. The van der Waals surface area contributed by atoms with Crippen LogP contribution < -0.4 is 10.6 Å². The fourth-order valence-corrected chi connectivity index (χ4v) is 2.00. The number of nitrogens with one attached hydrogen (secondary N) is 2. The first-order chi connectivity index (χ1) is 8.79. The van der Waals surface area contributed by atoms with Crippen LogP contribution in [-0.4, -0.2) is 21.5 Å². The molecule has 0 unspecified atom stereocenters. The highest BCUT2D eigenvalue weighted by Crippen LogP contribution is 2.14. The molecule has 2 heterocycles. The Labute approximate surface area is 111 Å². The molecule has 2 aromatic heterocycles. The van der Waals surface area contributed by atoms with Crippen molar-refractivity contribution in [2.24, 2.45) is 0 Å². The van der Waals surface area contributed by atoms with Gasteiger partial charge in [0.2, 0.25) is 5.95 Å². The third-order valence-electron chi connectivity index (χ3n) is 2.40. The summed E-state index contributed by atoms with van der Waals surface area (Å²) in [6.45, 7) is 5.69. The number of aromatic nitrogens is 3. The number of anilines is 2. The first-order valence-corrected chi connectivity index (χ1v) is 6.87. The molecule has 5 nitrogen and oxygen atoms in total. The van der Waals surface area contributed by atoms with Gasteiger partial charge < -0.3 is 10.6 Å². The third kappa shape index (κ3) is 3.40. The maximum absolute atomic E-state index is 4.45. The zero-order chi connectivity index (χ0) is 12.8. The van der Waals surface area contributed by atoms with E-state index in [9.17, 15) is 0 Å². The maximum atomic E-state index is 4.45. The topological polar surface area (TPSA) is 62.7 Å². The second-order valence-electron chi connectivity index (χ2n) is 3.93. The predicted octanol–water partition coefficient (Wildman–Crippen LogP) is 2.68. The van der Waals surface area contributed by atoms with Crippen LogP contribution in [0.15, 0.2) is 17.8 Å². The van der Waals surface area contributed by atoms with Crippen LogP contribution in [0, 0.1) is 6.92 Å². The minimum atomic E-state index is 0.670. The Morgan fingerprint density at radius 2 is 2.17 bits per heavy atom. The van der Waals surface area contributed by atoms with Gasteiger partial charge in [-0.25, -0.2) is 9.97 Å². The van der Waals surface area contributed by atoms with Crippen molar-refractivity contribution >= 4 is 23.1 Å². The summed E-state index contributed by atoms with van der Waals surface area (Å²) in [6.07, 6.45) is 4.69. The number of aryl methyl sites for hydroxylation is 1. The van der Waals surface area contributed by atoms with Gasteiger partial charge in [0.05, 0.1) is 6.54 Å². The quantitative estimate of drug-likeness (QED) is 0.839. The van der Waals surface area contributed by atoms with Crippen LogP contribution in [-0.2, 0) is 6.54 Å². The zero-order valence-electron chi connectivity index (χ0n) is 10.6. The molecular formula is C12H17N5S. The van der Waals surface area contributed by atoms with E-state index in [2.05, 4.69) is 32.5 Å². The molecule has 2 rings (SSSR count). The molecule has 0 atom stereocenters. The Morgan fingerprint density at radius 1 is 1.28 bits per heavy atom. The molecule has 0 aliphatic heterocycles. The zero-order valence-corrected chi connectivity index (χ0v) is 11.4. The van der Waals surface area contributed by atoms with Gasteiger partial charge in [0.25, 0.3) is 0 Å². The summed E-state index contributed by atoms with van der Waals surface area (Å²) < 4.78 is 0. The van der Waals surface area contributed by atoms with Gasteiger partial charge in [0, 0.05) is 29.9 Å². The van der Waals surface area contributed by atoms with E-state index in [1.54, 1.807) is 11.3 Å². The summed E-state index contributed by atoms with van der Waals surface area (Å²) in [5, 5.41) is 9.49. The summed E-state index contributed by atoms with van der Waals surface area (Å²) >= 11 is 1.63. The average molecular weight is 263 g/mol. The van der Waals surface area contributed by atoms with Crippen LogP contribution in [0.2, 0.25) is 0 Å². The highest BCUT2D eigenvalue weighted by atomic mass is 32.1. The van der Waals surface area contributed by atoms with E-state index in [4.69, 9.17) is 0 Å². The largest absolute Gasteiger partial charge is 0.363 e. The summed E-state index contributed by atoms with van der Waals surface area (Å²) in [5.41, 5.74) is 1.04. The molecule has 0 bridgehead atoms. The molecule has 0 fully saturated rings. The molecule has 0 aliphatic rings. The van der Waals surface area contributed by atoms with Crippen molar-refractivity contribution in [2.75, 3.05) is 17.2 Å². The van der Waals surface area contributed by atoms with Gasteiger partial charge in [-0.1, -0.05) is 6.92 Å². The molecule has 0 aliphatic carbocycles. The molecule has 6 heteroatoms. The van der Waals surface area contributed by atoms with Gasteiger partial charge in [-0.15, -0.1) is 11.3 Å². The molecule has 18 heavy (non-hydrogen) atoms. The lowest BCUT2D eigenvalue weighted by Crippen LogP contribution is -2.08. The number of nitrogens with zero attached hydrogens (tertiary/aromatic N) is 3. The van der Waals surface area contributed by atoms with E-state index >= 15 is 0 Å². The van der Waals surface area contributed by atoms with E-state index in [-0.39, 0.29) is 0 Å². The van der Waals surface area contributed by atoms with Gasteiger partial charge in [-0.3, -0.25) is 0 Å². The number of hydrogen-bond donors (Lipinski definition) is 2. The molecule has 0 aromatic carbocycles. The highest BCUT2D eigenvalue weighted by molar-refractivity contribution is 7.09. The maximum Gasteiger partial charge on any atom is 0.224 e. The Kier molecular flexibility index (Phi) is 4.46. The van der Waals surface area contributed by atoms with E-state index in [0.717, 1.165) is 29.4 Å². The Balaban J connectivity index is 2.01. The summed E-state index contributed by atoms with van der Waals surface area (Å²) in [4.78, 5) is 12.9. The SMILES string of the molecule is CCCNc1ncc(C)c(NCc2nccs2)n1. The monoisotopic (exact) mass is 263 g/mol. The molecular weight excluding hydrogens is 246 g/mol. The van der Waals surface area contributed by atoms with Crippen LogP contribution >= 0.6 is 11.3 Å². The molecule has 0 spiro atoms. The van der Waals surface area contributed by atoms with Crippen LogP contribution in [0.4, 0.5) is 11.8 Å². The van der Waals surface area contributed by atoms with Gasteiger partial charge in [0.15, 0.2) is 0 Å². The van der Waals surface area contributed by atoms with Crippen LogP contribution in [0.25, 0.3) is 0 Å². The Morgan fingerprint density at radius 3 is 2.89 bits per heavy atom. The van der Waals surface area contributed by atoms with Crippen molar-refractivity contribution < 1.29 is 0 Å². The van der Waals surface area contributed by atoms with E-state index in [0.29, 0.717) is 12.5 Å². The first kappa shape index (κ1) is 12.8. The highest BCUT2D eigenvalue weighted by Gasteiger charge is 2.04. The van der Waals surface area contributed by atoms with Gasteiger partial charge >= 0.3 is 0 Å². The van der Waals surface area contributed by atoms with E-state index in [1.165, 1.54) is 0 Å². The smallest absolute Gasteiger partial charge is 0.224 e. The van der Waals surface area contributed by atoms with Crippen molar-refractivity contribution in [2.45, 2.75) is 26.8 Å². The van der Waals surface area contributed by atoms with Crippen molar-refractivity contribution in [1.82, 2.24) is 15.0 Å². The van der Waals surface area contributed by atoms with Crippen molar-refractivity contribution in [3.63, 3.8) is 0 Å². The van der Waals surface area contributed by atoms with Gasteiger partial charge in [0.1, 0.15) is 10.8 Å². The fourth-order valence-electron chi connectivity index (χ4n) is 1.44. The minimum Gasteiger partial charge on any atom is -0.363 e. The van der Waals surface area contributed by atoms with E-state index < -0.39 is 0 Å². The van der Waals surface area contributed by atoms with Crippen LogP contribution in [0.5, 0.6) is 0 Å². The van der Waals surface area contributed by atoms with Gasteiger partial charge in [-0.2, -0.15) is 4.98 Å². The number of rotatable bonds is 6. The average Bonchev–Trinajstić information content (AvgIpc) is 2.89. The minimum absolute atomic E-state index is 0.670. The summed E-state index contributed by atoms with van der Waals surface area (Å²) in [5.74, 6) is 1.53. The molecule has 2 N–H and O–H groups in total. The number of thiazole rings is 1. The molecule has 2 aromatic rings.